The maximum Gasteiger partial charge on any atom is 0.233 e. The van der Waals surface area contributed by atoms with Crippen molar-refractivity contribution >= 4 is 53.1 Å². The zero-order chi connectivity index (χ0) is 14.5. The zero-order valence-electron chi connectivity index (χ0n) is 11.1. The molecule has 116 valence electrons. The number of hydrogen-bond acceptors (Lipinski definition) is 4. The summed E-state index contributed by atoms with van der Waals surface area (Å²) >= 11 is 11.5. The minimum absolute atomic E-state index is 0. The molecule has 0 spiro atoms. The minimum Gasteiger partial charge on any atom is -0.340 e. The third-order valence-electron chi connectivity index (χ3n) is 2.87. The Morgan fingerprint density at radius 2 is 1.95 bits per heavy atom. The number of nitrogens with one attached hydrogen (secondary N) is 2. The summed E-state index contributed by atoms with van der Waals surface area (Å²) in [7, 11) is 0. The van der Waals surface area contributed by atoms with Gasteiger partial charge in [-0.25, -0.2) is 4.98 Å². The second kappa shape index (κ2) is 8.38. The van der Waals surface area contributed by atoms with Gasteiger partial charge in [0.25, 0.3) is 0 Å². The first-order chi connectivity index (χ1) is 9.56. The van der Waals surface area contributed by atoms with Gasteiger partial charge in [-0.15, -0.1) is 12.4 Å². The quantitative estimate of drug-likeness (QED) is 0.639. The monoisotopic (exact) mass is 352 g/mol. The maximum absolute atomic E-state index is 11.9. The number of rotatable bonds is 3. The van der Waals surface area contributed by atoms with Crippen molar-refractivity contribution in [2.75, 3.05) is 31.5 Å². The molecule has 9 heteroatoms. The first kappa shape index (κ1) is 18.0. The number of hydrogen-bond donors (Lipinski definition) is 2. The van der Waals surface area contributed by atoms with Gasteiger partial charge in [0.05, 0.1) is 5.69 Å². The van der Waals surface area contributed by atoms with Gasteiger partial charge in [-0.3, -0.25) is 9.59 Å². The standard InChI is InChI=1S/C12H14Cl2N4O2.ClH/c13-9-2-1-8(12(14)17-9)16-10(19)7-11(20)18-5-3-15-4-6-18;/h1-2,15H,3-7H2,(H,16,19);1H. The van der Waals surface area contributed by atoms with E-state index in [-0.39, 0.29) is 35.0 Å². The molecular formula is C12H15Cl3N4O2. The summed E-state index contributed by atoms with van der Waals surface area (Å²) in [5.74, 6) is -0.610. The lowest BCUT2D eigenvalue weighted by Gasteiger charge is -2.27. The van der Waals surface area contributed by atoms with Crippen molar-refractivity contribution in [1.82, 2.24) is 15.2 Å². The van der Waals surface area contributed by atoms with Crippen molar-refractivity contribution in [2.24, 2.45) is 0 Å². The molecule has 0 aromatic carbocycles. The lowest BCUT2D eigenvalue weighted by Crippen LogP contribution is -2.47. The van der Waals surface area contributed by atoms with Crippen LogP contribution in [0.25, 0.3) is 0 Å². The molecule has 0 atom stereocenters. The van der Waals surface area contributed by atoms with Gasteiger partial charge in [0.15, 0.2) is 5.15 Å². The van der Waals surface area contributed by atoms with E-state index in [2.05, 4.69) is 15.6 Å². The summed E-state index contributed by atoms with van der Waals surface area (Å²) in [6.07, 6.45) is -0.209. The smallest absolute Gasteiger partial charge is 0.233 e. The molecule has 0 radical (unpaired) electrons. The number of anilines is 1. The molecule has 0 unspecified atom stereocenters. The topological polar surface area (TPSA) is 74.3 Å². The highest BCUT2D eigenvalue weighted by Crippen LogP contribution is 2.21. The van der Waals surface area contributed by atoms with Crippen molar-refractivity contribution in [3.05, 3.63) is 22.4 Å². The molecule has 2 amide bonds. The van der Waals surface area contributed by atoms with Crippen molar-refractivity contribution in [3.63, 3.8) is 0 Å². The molecule has 1 fully saturated rings. The molecule has 2 heterocycles. The predicted octanol–water partition coefficient (Wildman–Crippen LogP) is 1.57. The van der Waals surface area contributed by atoms with Crippen LogP contribution < -0.4 is 10.6 Å². The highest BCUT2D eigenvalue weighted by molar-refractivity contribution is 6.34. The fourth-order valence-corrected chi connectivity index (χ4v) is 2.26. The molecule has 1 aliphatic rings. The molecule has 1 aromatic heterocycles. The summed E-state index contributed by atoms with van der Waals surface area (Å²) in [6.45, 7) is 2.74. The van der Waals surface area contributed by atoms with E-state index in [0.717, 1.165) is 13.1 Å². The summed E-state index contributed by atoms with van der Waals surface area (Å²) in [6, 6.07) is 3.06. The molecule has 21 heavy (non-hydrogen) atoms. The summed E-state index contributed by atoms with van der Waals surface area (Å²) in [5, 5.41) is 6.03. The third-order valence-corrected chi connectivity index (χ3v) is 3.37. The Hall–Kier alpha value is -1.08. The van der Waals surface area contributed by atoms with E-state index in [4.69, 9.17) is 23.2 Å². The van der Waals surface area contributed by atoms with Gasteiger partial charge < -0.3 is 15.5 Å². The summed E-state index contributed by atoms with van der Waals surface area (Å²) < 4.78 is 0. The Morgan fingerprint density at radius 1 is 1.29 bits per heavy atom. The second-order valence-electron chi connectivity index (χ2n) is 4.33. The molecule has 2 N–H and O–H groups in total. The highest BCUT2D eigenvalue weighted by Gasteiger charge is 2.19. The molecule has 2 rings (SSSR count). The molecule has 1 aromatic rings. The van der Waals surface area contributed by atoms with Crippen molar-refractivity contribution in [1.29, 1.82) is 0 Å². The Balaban J connectivity index is 0.00000220. The van der Waals surface area contributed by atoms with Crippen LogP contribution in [0.2, 0.25) is 10.3 Å². The van der Waals surface area contributed by atoms with Crippen LogP contribution in [0.3, 0.4) is 0 Å². The van der Waals surface area contributed by atoms with Crippen molar-refractivity contribution < 1.29 is 9.59 Å². The third kappa shape index (κ3) is 5.32. The highest BCUT2D eigenvalue weighted by atomic mass is 35.5. The number of carbonyl (C=O) groups excluding carboxylic acids is 2. The van der Waals surface area contributed by atoms with Crippen LogP contribution in [0.15, 0.2) is 12.1 Å². The van der Waals surface area contributed by atoms with Gasteiger partial charge in [-0.05, 0) is 12.1 Å². The van der Waals surface area contributed by atoms with E-state index >= 15 is 0 Å². The summed E-state index contributed by atoms with van der Waals surface area (Å²) in [5.41, 5.74) is 0.342. The largest absolute Gasteiger partial charge is 0.340 e. The Kier molecular flexibility index (Phi) is 7.17. The van der Waals surface area contributed by atoms with Gasteiger partial charge in [0.1, 0.15) is 11.6 Å². The van der Waals surface area contributed by atoms with Crippen molar-refractivity contribution in [2.45, 2.75) is 6.42 Å². The van der Waals surface area contributed by atoms with Gasteiger partial charge in [-0.1, -0.05) is 23.2 Å². The predicted molar refractivity (Wildman–Crippen MR) is 84.2 cm³/mol. The van der Waals surface area contributed by atoms with Crippen LogP contribution in [0.4, 0.5) is 5.69 Å². The molecule has 6 nitrogen and oxygen atoms in total. The Labute approximate surface area is 138 Å². The van der Waals surface area contributed by atoms with Crippen LogP contribution in [-0.4, -0.2) is 47.9 Å². The molecule has 0 aliphatic carbocycles. The number of aromatic nitrogens is 1. The molecule has 1 aliphatic heterocycles. The van der Waals surface area contributed by atoms with E-state index in [0.29, 0.717) is 18.8 Å². The molecule has 1 saturated heterocycles. The van der Waals surface area contributed by atoms with Crippen LogP contribution in [0.5, 0.6) is 0 Å². The number of carbonyl (C=O) groups is 2. The van der Waals surface area contributed by atoms with Gasteiger partial charge in [0, 0.05) is 26.2 Å². The van der Waals surface area contributed by atoms with Gasteiger partial charge >= 0.3 is 0 Å². The number of pyridine rings is 1. The fraction of sp³-hybridized carbons (Fsp3) is 0.417. The first-order valence-electron chi connectivity index (χ1n) is 6.16. The van der Waals surface area contributed by atoms with Crippen LogP contribution in [0, 0.1) is 0 Å². The average Bonchev–Trinajstić information content (AvgIpc) is 2.43. The van der Waals surface area contributed by atoms with E-state index in [1.165, 1.54) is 6.07 Å². The van der Waals surface area contributed by atoms with Crippen LogP contribution in [0.1, 0.15) is 6.42 Å². The zero-order valence-corrected chi connectivity index (χ0v) is 13.4. The first-order valence-corrected chi connectivity index (χ1v) is 6.92. The molecular weight excluding hydrogens is 339 g/mol. The number of halogens is 3. The number of amides is 2. The van der Waals surface area contributed by atoms with Gasteiger partial charge in [-0.2, -0.15) is 0 Å². The Bertz CT molecular complexity index is 521. The summed E-state index contributed by atoms with van der Waals surface area (Å²) in [4.78, 5) is 29.2. The van der Waals surface area contributed by atoms with E-state index in [9.17, 15) is 9.59 Å². The number of piperazine rings is 1. The lowest BCUT2D eigenvalue weighted by molar-refractivity contribution is -0.135. The fourth-order valence-electron chi connectivity index (χ4n) is 1.86. The average molecular weight is 354 g/mol. The maximum atomic E-state index is 11.9. The SMILES string of the molecule is Cl.O=C(CC(=O)N1CCNCC1)Nc1ccc(Cl)nc1Cl. The Morgan fingerprint density at radius 3 is 2.57 bits per heavy atom. The second-order valence-corrected chi connectivity index (χ2v) is 5.07. The molecule has 0 saturated carbocycles. The van der Waals surface area contributed by atoms with E-state index in [1.54, 1.807) is 11.0 Å². The van der Waals surface area contributed by atoms with Crippen molar-refractivity contribution in [3.8, 4) is 0 Å². The lowest BCUT2D eigenvalue weighted by atomic mass is 10.3. The van der Waals surface area contributed by atoms with Gasteiger partial charge in [0.2, 0.25) is 11.8 Å². The van der Waals surface area contributed by atoms with E-state index < -0.39 is 5.91 Å². The normalized spacial score (nSPS) is 14.3. The van der Waals surface area contributed by atoms with E-state index in [1.807, 2.05) is 0 Å². The molecule has 0 bridgehead atoms. The number of nitrogens with zero attached hydrogens (tertiary/aromatic N) is 2. The van der Waals surface area contributed by atoms with Crippen LogP contribution >= 0.6 is 35.6 Å². The van der Waals surface area contributed by atoms with Crippen LogP contribution in [-0.2, 0) is 9.59 Å². The minimum atomic E-state index is -0.417.